The van der Waals surface area contributed by atoms with Crippen molar-refractivity contribution in [1.29, 1.82) is 0 Å². The van der Waals surface area contributed by atoms with Gasteiger partial charge in [0, 0.05) is 22.3 Å². The molecule has 0 aliphatic carbocycles. The Labute approximate surface area is 157 Å². The van der Waals surface area contributed by atoms with Gasteiger partial charge in [-0.05, 0) is 66.3 Å². The minimum Gasteiger partial charge on any atom is -0.326 e. The average molecular weight is 362 g/mol. The predicted molar refractivity (Wildman–Crippen MR) is 107 cm³/mol. The van der Waals surface area contributed by atoms with Crippen LogP contribution >= 0.6 is 0 Å². The van der Waals surface area contributed by atoms with E-state index in [2.05, 4.69) is 10.3 Å². The van der Waals surface area contributed by atoms with Crippen LogP contribution in [-0.2, 0) is 11.2 Å². The summed E-state index contributed by atoms with van der Waals surface area (Å²) < 4.78 is 0. The van der Waals surface area contributed by atoms with Gasteiger partial charge in [0.05, 0.1) is 6.42 Å². The topological polar surface area (TPSA) is 79.0 Å². The van der Waals surface area contributed by atoms with Crippen LogP contribution in [0.5, 0.6) is 0 Å². The SMILES string of the molecule is CC(=O)c1ccc(NC(=O)Cc2ccc3[nH]c(=O)c(C(C)C)cc3c2)cc1. The summed E-state index contributed by atoms with van der Waals surface area (Å²) >= 11 is 0. The first-order valence-corrected chi connectivity index (χ1v) is 8.90. The Kier molecular flexibility index (Phi) is 5.21. The van der Waals surface area contributed by atoms with Crippen LogP contribution in [0.15, 0.2) is 53.3 Å². The van der Waals surface area contributed by atoms with E-state index in [-0.39, 0.29) is 29.6 Å². The van der Waals surface area contributed by atoms with Crippen LogP contribution in [0.3, 0.4) is 0 Å². The highest BCUT2D eigenvalue weighted by atomic mass is 16.1. The van der Waals surface area contributed by atoms with Crippen LogP contribution in [0.2, 0.25) is 0 Å². The molecule has 0 saturated carbocycles. The van der Waals surface area contributed by atoms with E-state index in [4.69, 9.17) is 0 Å². The molecule has 0 fully saturated rings. The molecule has 2 N–H and O–H groups in total. The molecule has 5 heteroatoms. The number of anilines is 1. The minimum absolute atomic E-state index is 0.0113. The summed E-state index contributed by atoms with van der Waals surface area (Å²) in [5.74, 6) is -0.0237. The number of carbonyl (C=O) groups excluding carboxylic acids is 2. The molecular formula is C22H22N2O3. The molecule has 5 nitrogen and oxygen atoms in total. The average Bonchev–Trinajstić information content (AvgIpc) is 2.61. The zero-order valence-corrected chi connectivity index (χ0v) is 15.6. The molecule has 0 aliphatic rings. The van der Waals surface area contributed by atoms with Gasteiger partial charge >= 0.3 is 0 Å². The number of carbonyl (C=O) groups is 2. The number of hydrogen-bond donors (Lipinski definition) is 2. The van der Waals surface area contributed by atoms with E-state index in [0.29, 0.717) is 11.3 Å². The number of aromatic amines is 1. The van der Waals surface area contributed by atoms with Crippen molar-refractivity contribution in [3.05, 3.63) is 75.6 Å². The number of amides is 1. The Morgan fingerprint density at radius 1 is 1.04 bits per heavy atom. The second kappa shape index (κ2) is 7.58. The van der Waals surface area contributed by atoms with E-state index in [9.17, 15) is 14.4 Å². The van der Waals surface area contributed by atoms with Crippen LogP contribution in [0.4, 0.5) is 5.69 Å². The lowest BCUT2D eigenvalue weighted by atomic mass is 10.0. The van der Waals surface area contributed by atoms with Gasteiger partial charge in [-0.15, -0.1) is 0 Å². The second-order valence-corrected chi connectivity index (χ2v) is 6.99. The summed E-state index contributed by atoms with van der Waals surface area (Å²) in [6.07, 6.45) is 0.223. The van der Waals surface area contributed by atoms with Crippen LogP contribution in [-0.4, -0.2) is 16.7 Å². The number of nitrogens with one attached hydrogen (secondary N) is 2. The molecule has 0 bridgehead atoms. The molecule has 0 unspecified atom stereocenters. The Bertz CT molecular complexity index is 1060. The predicted octanol–water partition coefficient (Wildman–Crippen LogP) is 4.04. The zero-order chi connectivity index (χ0) is 19.6. The van der Waals surface area contributed by atoms with Gasteiger partial charge in [-0.2, -0.15) is 0 Å². The van der Waals surface area contributed by atoms with E-state index in [0.717, 1.165) is 22.0 Å². The van der Waals surface area contributed by atoms with E-state index in [1.54, 1.807) is 24.3 Å². The lowest BCUT2D eigenvalue weighted by Crippen LogP contribution is -2.15. The Hall–Kier alpha value is -3.21. The van der Waals surface area contributed by atoms with Crippen molar-refractivity contribution >= 4 is 28.3 Å². The summed E-state index contributed by atoms with van der Waals surface area (Å²) in [7, 11) is 0. The Morgan fingerprint density at radius 3 is 2.37 bits per heavy atom. The number of H-pyrrole nitrogens is 1. The van der Waals surface area contributed by atoms with Crippen LogP contribution in [0.1, 0.15) is 48.2 Å². The van der Waals surface area contributed by atoms with E-state index in [1.807, 2.05) is 38.1 Å². The molecule has 0 atom stereocenters. The van der Waals surface area contributed by atoms with Gasteiger partial charge in [-0.1, -0.05) is 19.9 Å². The number of ketones is 1. The standard InChI is InChI=1S/C22H22N2O3/c1-13(2)19-12-17-10-15(4-9-20(17)24-22(19)27)11-21(26)23-18-7-5-16(6-8-18)14(3)25/h4-10,12-13H,11H2,1-3H3,(H,23,26)(H,24,27). The fraction of sp³-hybridized carbons (Fsp3) is 0.227. The molecule has 3 aromatic rings. The third-order valence-electron chi connectivity index (χ3n) is 4.50. The van der Waals surface area contributed by atoms with Crippen LogP contribution in [0, 0.1) is 0 Å². The molecular weight excluding hydrogens is 340 g/mol. The fourth-order valence-corrected chi connectivity index (χ4v) is 2.99. The molecule has 27 heavy (non-hydrogen) atoms. The van der Waals surface area contributed by atoms with Crippen molar-refractivity contribution < 1.29 is 9.59 Å². The minimum atomic E-state index is -0.140. The van der Waals surface area contributed by atoms with Crippen molar-refractivity contribution in [2.24, 2.45) is 0 Å². The molecule has 2 aromatic carbocycles. The highest BCUT2D eigenvalue weighted by molar-refractivity contribution is 5.96. The van der Waals surface area contributed by atoms with Crippen molar-refractivity contribution in [2.75, 3.05) is 5.32 Å². The summed E-state index contributed by atoms with van der Waals surface area (Å²) in [5, 5.41) is 3.75. The van der Waals surface area contributed by atoms with E-state index in [1.165, 1.54) is 6.92 Å². The maximum atomic E-state index is 12.3. The van der Waals surface area contributed by atoms with Gasteiger partial charge in [0.15, 0.2) is 5.78 Å². The number of Topliss-reactive ketones (excluding diaryl/α,β-unsaturated/α-hetero) is 1. The summed E-state index contributed by atoms with van der Waals surface area (Å²) in [5.41, 5.74) is 3.54. The van der Waals surface area contributed by atoms with Crippen molar-refractivity contribution in [2.45, 2.75) is 33.1 Å². The van der Waals surface area contributed by atoms with Crippen LogP contribution in [0.25, 0.3) is 10.9 Å². The maximum absolute atomic E-state index is 12.3. The largest absolute Gasteiger partial charge is 0.326 e. The summed E-state index contributed by atoms with van der Waals surface area (Å²) in [6, 6.07) is 14.3. The van der Waals surface area contributed by atoms with Gasteiger partial charge in [0.2, 0.25) is 5.91 Å². The van der Waals surface area contributed by atoms with Crippen molar-refractivity contribution in [3.63, 3.8) is 0 Å². The quantitative estimate of drug-likeness (QED) is 0.673. The molecule has 1 amide bonds. The zero-order valence-electron chi connectivity index (χ0n) is 15.6. The lowest BCUT2D eigenvalue weighted by Gasteiger charge is -2.09. The first-order chi connectivity index (χ1) is 12.8. The highest BCUT2D eigenvalue weighted by Crippen LogP contribution is 2.18. The van der Waals surface area contributed by atoms with Gasteiger partial charge in [0.25, 0.3) is 5.56 Å². The molecule has 0 saturated heterocycles. The number of benzene rings is 2. The normalized spacial score (nSPS) is 11.0. The maximum Gasteiger partial charge on any atom is 0.251 e. The molecule has 1 aromatic heterocycles. The van der Waals surface area contributed by atoms with Gasteiger partial charge in [-0.25, -0.2) is 0 Å². The number of pyridine rings is 1. The fourth-order valence-electron chi connectivity index (χ4n) is 2.99. The summed E-state index contributed by atoms with van der Waals surface area (Å²) in [4.78, 5) is 38.6. The van der Waals surface area contributed by atoms with Gasteiger partial charge < -0.3 is 10.3 Å². The Balaban J connectivity index is 1.77. The third-order valence-corrected chi connectivity index (χ3v) is 4.50. The second-order valence-electron chi connectivity index (χ2n) is 6.99. The molecule has 0 spiro atoms. The van der Waals surface area contributed by atoms with E-state index >= 15 is 0 Å². The molecule has 3 rings (SSSR count). The Morgan fingerprint density at radius 2 is 1.74 bits per heavy atom. The number of rotatable bonds is 5. The van der Waals surface area contributed by atoms with Crippen molar-refractivity contribution in [3.8, 4) is 0 Å². The molecule has 0 radical (unpaired) electrons. The van der Waals surface area contributed by atoms with E-state index < -0.39 is 0 Å². The van der Waals surface area contributed by atoms with Crippen molar-refractivity contribution in [1.82, 2.24) is 4.98 Å². The number of hydrogen-bond acceptors (Lipinski definition) is 3. The smallest absolute Gasteiger partial charge is 0.251 e. The van der Waals surface area contributed by atoms with Gasteiger partial charge in [-0.3, -0.25) is 14.4 Å². The third kappa shape index (κ3) is 4.31. The molecule has 138 valence electrons. The number of aromatic nitrogens is 1. The van der Waals surface area contributed by atoms with Crippen LogP contribution < -0.4 is 10.9 Å². The first kappa shape index (κ1) is 18.6. The monoisotopic (exact) mass is 362 g/mol. The highest BCUT2D eigenvalue weighted by Gasteiger charge is 2.09. The lowest BCUT2D eigenvalue weighted by molar-refractivity contribution is -0.115. The molecule has 1 heterocycles. The number of fused-ring (bicyclic) bond motifs is 1. The first-order valence-electron chi connectivity index (χ1n) is 8.90. The van der Waals surface area contributed by atoms with Gasteiger partial charge in [0.1, 0.15) is 0 Å². The summed E-state index contributed by atoms with van der Waals surface area (Å²) in [6.45, 7) is 5.46. The molecule has 0 aliphatic heterocycles.